The zero-order chi connectivity index (χ0) is 13.1. The number of rotatable bonds is 5. The Hall–Kier alpha value is -0.920. The highest BCUT2D eigenvalue weighted by atomic mass is 32.2. The number of aromatic amines is 1. The molecule has 0 unspecified atom stereocenters. The van der Waals surface area contributed by atoms with E-state index in [9.17, 15) is 13.5 Å². The van der Waals surface area contributed by atoms with Crippen LogP contribution in [0, 0.1) is 5.41 Å². The molecule has 1 fully saturated rings. The summed E-state index contributed by atoms with van der Waals surface area (Å²) < 4.78 is 26.5. The van der Waals surface area contributed by atoms with Crippen molar-refractivity contribution in [3.63, 3.8) is 0 Å². The average molecular weight is 273 g/mol. The van der Waals surface area contributed by atoms with Crippen molar-refractivity contribution in [2.45, 2.75) is 37.0 Å². The molecule has 2 rings (SSSR count). The lowest BCUT2D eigenvalue weighted by Crippen LogP contribution is -2.41. The smallest absolute Gasteiger partial charge is 0.243 e. The molecule has 1 aliphatic rings. The van der Waals surface area contributed by atoms with Crippen molar-refractivity contribution in [2.24, 2.45) is 5.41 Å². The van der Waals surface area contributed by atoms with Gasteiger partial charge in [-0.1, -0.05) is 19.3 Å². The van der Waals surface area contributed by atoms with Crippen LogP contribution in [0.5, 0.6) is 0 Å². The van der Waals surface area contributed by atoms with Gasteiger partial charge in [-0.15, -0.1) is 0 Å². The first kappa shape index (κ1) is 13.5. The minimum Gasteiger partial charge on any atom is -0.396 e. The summed E-state index contributed by atoms with van der Waals surface area (Å²) in [6.07, 6.45) is 7.62. The summed E-state index contributed by atoms with van der Waals surface area (Å²) in [7, 11) is -3.52. The normalized spacial score (nSPS) is 19.8. The van der Waals surface area contributed by atoms with Crippen LogP contribution in [0.2, 0.25) is 0 Å². The summed E-state index contributed by atoms with van der Waals surface area (Å²) in [4.78, 5) is 0.131. The third-order valence-corrected chi connectivity index (χ3v) is 5.04. The van der Waals surface area contributed by atoms with Crippen molar-refractivity contribution in [1.29, 1.82) is 0 Å². The van der Waals surface area contributed by atoms with Gasteiger partial charge in [-0.05, 0) is 12.8 Å². The van der Waals surface area contributed by atoms with Crippen LogP contribution in [-0.2, 0) is 10.0 Å². The molecule has 0 aromatic carbocycles. The Morgan fingerprint density at radius 2 is 2.11 bits per heavy atom. The molecule has 0 radical (unpaired) electrons. The van der Waals surface area contributed by atoms with Gasteiger partial charge in [-0.25, -0.2) is 13.1 Å². The van der Waals surface area contributed by atoms with Crippen LogP contribution < -0.4 is 4.72 Å². The topological polar surface area (TPSA) is 95.1 Å². The van der Waals surface area contributed by atoms with Gasteiger partial charge in [-0.2, -0.15) is 5.10 Å². The number of sulfonamides is 1. The van der Waals surface area contributed by atoms with E-state index in [0.29, 0.717) is 0 Å². The van der Waals surface area contributed by atoms with Gasteiger partial charge in [0.25, 0.3) is 0 Å². The highest BCUT2D eigenvalue weighted by molar-refractivity contribution is 7.89. The molecule has 1 aliphatic carbocycles. The first-order chi connectivity index (χ1) is 8.58. The number of aliphatic hydroxyl groups excluding tert-OH is 1. The van der Waals surface area contributed by atoms with Crippen LogP contribution in [0.1, 0.15) is 32.1 Å². The maximum atomic E-state index is 11.9. The molecule has 0 bridgehead atoms. The summed E-state index contributed by atoms with van der Waals surface area (Å²) in [5.41, 5.74) is -0.297. The molecule has 0 atom stereocenters. The van der Waals surface area contributed by atoms with E-state index in [1.54, 1.807) is 0 Å². The fourth-order valence-electron chi connectivity index (χ4n) is 2.41. The van der Waals surface area contributed by atoms with Crippen LogP contribution >= 0.6 is 0 Å². The second-order valence-electron chi connectivity index (χ2n) is 4.98. The fourth-order valence-corrected chi connectivity index (χ4v) is 3.47. The molecule has 0 aliphatic heterocycles. The quantitative estimate of drug-likeness (QED) is 0.733. The molecule has 0 amide bonds. The molecule has 102 valence electrons. The third kappa shape index (κ3) is 2.90. The van der Waals surface area contributed by atoms with Gasteiger partial charge in [-0.3, -0.25) is 5.10 Å². The maximum Gasteiger partial charge on any atom is 0.243 e. The molecule has 7 heteroatoms. The molecule has 0 spiro atoms. The van der Waals surface area contributed by atoms with Gasteiger partial charge in [0.15, 0.2) is 0 Å². The SMILES string of the molecule is O=S(=O)(NCC1(CO)CCCCC1)c1cn[nH]c1. The van der Waals surface area contributed by atoms with E-state index < -0.39 is 10.0 Å². The van der Waals surface area contributed by atoms with Crippen molar-refractivity contribution >= 4 is 10.0 Å². The van der Waals surface area contributed by atoms with Gasteiger partial charge in [0.1, 0.15) is 4.90 Å². The molecule has 1 heterocycles. The molecule has 3 N–H and O–H groups in total. The number of hydrogen-bond acceptors (Lipinski definition) is 4. The Kier molecular flexibility index (Phi) is 4.04. The second-order valence-corrected chi connectivity index (χ2v) is 6.74. The molecule has 1 saturated carbocycles. The van der Waals surface area contributed by atoms with Gasteiger partial charge in [0, 0.05) is 24.8 Å². The zero-order valence-electron chi connectivity index (χ0n) is 10.2. The van der Waals surface area contributed by atoms with Crippen molar-refractivity contribution in [1.82, 2.24) is 14.9 Å². The lowest BCUT2D eigenvalue weighted by Gasteiger charge is -2.35. The number of hydrogen-bond donors (Lipinski definition) is 3. The Labute approximate surface area is 107 Å². The lowest BCUT2D eigenvalue weighted by atomic mass is 9.75. The fraction of sp³-hybridized carbons (Fsp3) is 0.727. The number of nitrogens with one attached hydrogen (secondary N) is 2. The van der Waals surface area contributed by atoms with Gasteiger partial charge < -0.3 is 5.11 Å². The Morgan fingerprint density at radius 3 is 2.67 bits per heavy atom. The van der Waals surface area contributed by atoms with E-state index in [-0.39, 0.29) is 23.5 Å². The highest BCUT2D eigenvalue weighted by Gasteiger charge is 2.32. The first-order valence-corrected chi connectivity index (χ1v) is 7.66. The molecule has 6 nitrogen and oxygen atoms in total. The first-order valence-electron chi connectivity index (χ1n) is 6.17. The number of nitrogens with zero attached hydrogens (tertiary/aromatic N) is 1. The Balaban J connectivity index is 2.02. The molecule has 1 aromatic heterocycles. The van der Waals surface area contributed by atoms with Crippen molar-refractivity contribution in [3.05, 3.63) is 12.4 Å². The van der Waals surface area contributed by atoms with Crippen molar-refractivity contribution < 1.29 is 13.5 Å². The minimum atomic E-state index is -3.52. The zero-order valence-corrected chi connectivity index (χ0v) is 11.0. The molecule has 0 saturated heterocycles. The summed E-state index contributed by atoms with van der Waals surface area (Å²) in [6, 6.07) is 0. The van der Waals surface area contributed by atoms with Gasteiger partial charge >= 0.3 is 0 Å². The van der Waals surface area contributed by atoms with Crippen molar-refractivity contribution in [2.75, 3.05) is 13.2 Å². The van der Waals surface area contributed by atoms with E-state index in [1.807, 2.05) is 0 Å². The van der Waals surface area contributed by atoms with E-state index in [4.69, 9.17) is 0 Å². The Morgan fingerprint density at radius 1 is 1.39 bits per heavy atom. The molecule has 1 aromatic rings. The van der Waals surface area contributed by atoms with E-state index in [1.165, 1.54) is 12.4 Å². The number of aliphatic hydroxyl groups is 1. The monoisotopic (exact) mass is 273 g/mol. The standard InChI is InChI=1S/C11H19N3O3S/c15-9-11(4-2-1-3-5-11)8-14-18(16,17)10-6-12-13-7-10/h6-7,14-15H,1-5,8-9H2,(H,12,13). The van der Waals surface area contributed by atoms with E-state index in [0.717, 1.165) is 32.1 Å². The van der Waals surface area contributed by atoms with E-state index in [2.05, 4.69) is 14.9 Å². The largest absolute Gasteiger partial charge is 0.396 e. The van der Waals surface area contributed by atoms with E-state index >= 15 is 0 Å². The highest BCUT2D eigenvalue weighted by Crippen LogP contribution is 2.35. The predicted octanol–water partition coefficient (Wildman–Crippen LogP) is 0.631. The lowest BCUT2D eigenvalue weighted by molar-refractivity contribution is 0.0867. The summed E-state index contributed by atoms with van der Waals surface area (Å²) in [6.45, 7) is 0.317. The Bertz CT molecular complexity index is 464. The van der Waals surface area contributed by atoms with Gasteiger partial charge in [0.05, 0.1) is 6.20 Å². The molecule has 18 heavy (non-hydrogen) atoms. The van der Waals surface area contributed by atoms with Crippen LogP contribution in [0.3, 0.4) is 0 Å². The third-order valence-electron chi connectivity index (χ3n) is 3.67. The average Bonchev–Trinajstić information content (AvgIpc) is 2.92. The van der Waals surface area contributed by atoms with Gasteiger partial charge in [0.2, 0.25) is 10.0 Å². The summed E-state index contributed by atoms with van der Waals surface area (Å²) >= 11 is 0. The molecular weight excluding hydrogens is 254 g/mol. The molecular formula is C11H19N3O3S. The second kappa shape index (κ2) is 5.38. The van der Waals surface area contributed by atoms with Crippen LogP contribution in [-0.4, -0.2) is 36.9 Å². The van der Waals surface area contributed by atoms with Crippen LogP contribution in [0.25, 0.3) is 0 Å². The van der Waals surface area contributed by atoms with Crippen LogP contribution in [0.15, 0.2) is 17.3 Å². The van der Waals surface area contributed by atoms with Crippen molar-refractivity contribution in [3.8, 4) is 0 Å². The van der Waals surface area contributed by atoms with Crippen LogP contribution in [0.4, 0.5) is 0 Å². The number of aromatic nitrogens is 2. The summed E-state index contributed by atoms with van der Waals surface area (Å²) in [5.74, 6) is 0. The predicted molar refractivity (Wildman–Crippen MR) is 66.4 cm³/mol. The minimum absolute atomic E-state index is 0.0287. The number of H-pyrrole nitrogens is 1. The summed E-state index contributed by atoms with van der Waals surface area (Å²) in [5, 5.41) is 15.6. The maximum absolute atomic E-state index is 11.9.